The standard InChI is InChI=1S/C16H23N3O2/c1-11(2)19-10-13(9-17-19)18-12(3)15-8-14(20-4)6-7-16(15)21-5/h6-12,18H,1-5H3. The minimum absolute atomic E-state index is 0.0832. The van der Waals surface area contributed by atoms with Crippen LogP contribution in [0.25, 0.3) is 0 Å². The first-order valence-corrected chi connectivity index (χ1v) is 7.07. The summed E-state index contributed by atoms with van der Waals surface area (Å²) < 4.78 is 12.6. The van der Waals surface area contributed by atoms with Gasteiger partial charge in [0.25, 0.3) is 0 Å². The maximum atomic E-state index is 5.43. The molecule has 0 saturated carbocycles. The molecule has 1 unspecified atom stereocenters. The number of hydrogen-bond acceptors (Lipinski definition) is 4. The molecule has 0 radical (unpaired) electrons. The summed E-state index contributed by atoms with van der Waals surface area (Å²) in [5.74, 6) is 1.66. The first-order chi connectivity index (χ1) is 10.0. The van der Waals surface area contributed by atoms with Gasteiger partial charge in [-0.3, -0.25) is 4.68 Å². The molecule has 0 aliphatic rings. The monoisotopic (exact) mass is 289 g/mol. The van der Waals surface area contributed by atoms with Gasteiger partial charge in [0.15, 0.2) is 0 Å². The minimum atomic E-state index is 0.0832. The van der Waals surface area contributed by atoms with Crippen LogP contribution >= 0.6 is 0 Å². The Morgan fingerprint density at radius 2 is 1.90 bits per heavy atom. The Morgan fingerprint density at radius 3 is 2.48 bits per heavy atom. The van der Waals surface area contributed by atoms with E-state index in [2.05, 4.69) is 31.2 Å². The van der Waals surface area contributed by atoms with Crippen molar-refractivity contribution in [2.24, 2.45) is 0 Å². The number of hydrogen-bond donors (Lipinski definition) is 1. The van der Waals surface area contributed by atoms with Crippen molar-refractivity contribution in [1.29, 1.82) is 0 Å². The molecule has 0 aliphatic carbocycles. The summed E-state index contributed by atoms with van der Waals surface area (Å²) in [6, 6.07) is 6.24. The van der Waals surface area contributed by atoms with Crippen molar-refractivity contribution in [2.45, 2.75) is 32.9 Å². The molecule has 2 aromatic rings. The van der Waals surface area contributed by atoms with Crippen molar-refractivity contribution in [2.75, 3.05) is 19.5 Å². The van der Waals surface area contributed by atoms with Gasteiger partial charge in [0.1, 0.15) is 11.5 Å². The van der Waals surface area contributed by atoms with E-state index in [1.807, 2.05) is 35.3 Å². The van der Waals surface area contributed by atoms with Gasteiger partial charge >= 0.3 is 0 Å². The third-order valence-electron chi connectivity index (χ3n) is 3.42. The third kappa shape index (κ3) is 3.48. The lowest BCUT2D eigenvalue weighted by molar-refractivity contribution is 0.397. The summed E-state index contributed by atoms with van der Waals surface area (Å²) in [5, 5.41) is 7.78. The van der Waals surface area contributed by atoms with E-state index >= 15 is 0 Å². The number of methoxy groups -OCH3 is 2. The number of nitrogens with zero attached hydrogens (tertiary/aromatic N) is 2. The summed E-state index contributed by atoms with van der Waals surface area (Å²) in [6.45, 7) is 6.29. The van der Waals surface area contributed by atoms with Crippen molar-refractivity contribution in [3.8, 4) is 11.5 Å². The van der Waals surface area contributed by atoms with E-state index in [1.165, 1.54) is 0 Å². The Balaban J connectivity index is 2.20. The molecule has 1 aromatic carbocycles. The average molecular weight is 289 g/mol. The fourth-order valence-corrected chi connectivity index (χ4v) is 2.20. The minimum Gasteiger partial charge on any atom is -0.497 e. The van der Waals surface area contributed by atoms with Crippen molar-refractivity contribution in [3.05, 3.63) is 36.2 Å². The summed E-state index contributed by atoms with van der Waals surface area (Å²) in [4.78, 5) is 0. The highest BCUT2D eigenvalue weighted by Crippen LogP contribution is 2.31. The van der Waals surface area contributed by atoms with Crippen molar-refractivity contribution >= 4 is 5.69 Å². The van der Waals surface area contributed by atoms with Crippen LogP contribution in [0.1, 0.15) is 38.4 Å². The molecule has 1 aromatic heterocycles. The Hall–Kier alpha value is -2.17. The molecule has 2 rings (SSSR count). The van der Waals surface area contributed by atoms with Crippen LogP contribution in [-0.4, -0.2) is 24.0 Å². The van der Waals surface area contributed by atoms with Gasteiger partial charge in [0, 0.05) is 17.8 Å². The first kappa shape index (κ1) is 15.2. The molecular weight excluding hydrogens is 266 g/mol. The molecule has 5 nitrogen and oxygen atoms in total. The molecule has 0 saturated heterocycles. The summed E-state index contributed by atoms with van der Waals surface area (Å²) in [5.41, 5.74) is 2.04. The van der Waals surface area contributed by atoms with Gasteiger partial charge in [-0.05, 0) is 39.0 Å². The number of anilines is 1. The number of rotatable bonds is 6. The molecule has 21 heavy (non-hydrogen) atoms. The Morgan fingerprint density at radius 1 is 1.14 bits per heavy atom. The van der Waals surface area contributed by atoms with Crippen LogP contribution in [0.3, 0.4) is 0 Å². The van der Waals surface area contributed by atoms with Crippen molar-refractivity contribution < 1.29 is 9.47 Å². The Bertz CT molecular complexity index is 593. The van der Waals surface area contributed by atoms with E-state index in [0.717, 1.165) is 22.7 Å². The second kappa shape index (κ2) is 6.52. The molecule has 1 heterocycles. The normalized spacial score (nSPS) is 12.3. The van der Waals surface area contributed by atoms with E-state index in [-0.39, 0.29) is 6.04 Å². The van der Waals surface area contributed by atoms with Gasteiger partial charge in [-0.2, -0.15) is 5.10 Å². The van der Waals surface area contributed by atoms with Crippen LogP contribution in [-0.2, 0) is 0 Å². The molecule has 1 N–H and O–H groups in total. The van der Waals surface area contributed by atoms with Crippen LogP contribution in [0.5, 0.6) is 11.5 Å². The molecule has 0 spiro atoms. The Labute approximate surface area is 125 Å². The molecule has 0 fully saturated rings. The van der Waals surface area contributed by atoms with Crippen molar-refractivity contribution in [1.82, 2.24) is 9.78 Å². The highest BCUT2D eigenvalue weighted by molar-refractivity contribution is 5.47. The van der Waals surface area contributed by atoms with E-state index in [9.17, 15) is 0 Å². The maximum Gasteiger partial charge on any atom is 0.124 e. The lowest BCUT2D eigenvalue weighted by Crippen LogP contribution is -2.08. The van der Waals surface area contributed by atoms with Crippen LogP contribution in [0.2, 0.25) is 0 Å². The Kier molecular flexibility index (Phi) is 4.73. The fraction of sp³-hybridized carbons (Fsp3) is 0.438. The number of aromatic nitrogens is 2. The topological polar surface area (TPSA) is 48.3 Å². The molecule has 114 valence electrons. The summed E-state index contributed by atoms with van der Waals surface area (Å²) >= 11 is 0. The lowest BCUT2D eigenvalue weighted by atomic mass is 10.1. The van der Waals surface area contributed by atoms with Crippen LogP contribution < -0.4 is 14.8 Å². The average Bonchev–Trinajstić information content (AvgIpc) is 2.95. The van der Waals surface area contributed by atoms with Gasteiger partial charge < -0.3 is 14.8 Å². The smallest absolute Gasteiger partial charge is 0.124 e. The largest absolute Gasteiger partial charge is 0.497 e. The van der Waals surface area contributed by atoms with Gasteiger partial charge in [-0.1, -0.05) is 0 Å². The molecule has 0 amide bonds. The lowest BCUT2D eigenvalue weighted by Gasteiger charge is -2.18. The number of ether oxygens (including phenoxy) is 2. The second-order valence-electron chi connectivity index (χ2n) is 5.28. The molecule has 0 bridgehead atoms. The zero-order chi connectivity index (χ0) is 15.4. The quantitative estimate of drug-likeness (QED) is 0.881. The van der Waals surface area contributed by atoms with E-state index in [4.69, 9.17) is 9.47 Å². The molecule has 0 aliphatic heterocycles. The highest BCUT2D eigenvalue weighted by atomic mass is 16.5. The van der Waals surface area contributed by atoms with Gasteiger partial charge in [-0.25, -0.2) is 0 Å². The van der Waals surface area contributed by atoms with Crippen molar-refractivity contribution in [3.63, 3.8) is 0 Å². The predicted octanol–water partition coefficient (Wildman–Crippen LogP) is 3.65. The molecule has 5 heteroatoms. The van der Waals surface area contributed by atoms with E-state index in [1.54, 1.807) is 14.2 Å². The van der Waals surface area contributed by atoms with Gasteiger partial charge in [0.2, 0.25) is 0 Å². The summed E-state index contributed by atoms with van der Waals surface area (Å²) in [6.07, 6.45) is 3.84. The zero-order valence-corrected chi connectivity index (χ0v) is 13.3. The highest BCUT2D eigenvalue weighted by Gasteiger charge is 2.13. The van der Waals surface area contributed by atoms with Crippen LogP contribution in [0.4, 0.5) is 5.69 Å². The maximum absolute atomic E-state index is 5.43. The van der Waals surface area contributed by atoms with E-state index in [0.29, 0.717) is 6.04 Å². The first-order valence-electron chi connectivity index (χ1n) is 7.07. The SMILES string of the molecule is COc1ccc(OC)c(C(C)Nc2cnn(C(C)C)c2)c1. The fourth-order valence-electron chi connectivity index (χ4n) is 2.20. The summed E-state index contributed by atoms with van der Waals surface area (Å²) in [7, 11) is 3.34. The predicted molar refractivity (Wildman–Crippen MR) is 84.2 cm³/mol. The van der Waals surface area contributed by atoms with E-state index < -0.39 is 0 Å². The molecule has 1 atom stereocenters. The van der Waals surface area contributed by atoms with Crippen LogP contribution in [0, 0.1) is 0 Å². The number of benzene rings is 1. The zero-order valence-electron chi connectivity index (χ0n) is 13.3. The number of nitrogens with one attached hydrogen (secondary N) is 1. The van der Waals surface area contributed by atoms with Gasteiger partial charge in [0.05, 0.1) is 32.1 Å². The second-order valence-corrected chi connectivity index (χ2v) is 5.28. The van der Waals surface area contributed by atoms with Gasteiger partial charge in [-0.15, -0.1) is 0 Å². The third-order valence-corrected chi connectivity index (χ3v) is 3.42. The molecular formula is C16H23N3O2. The van der Waals surface area contributed by atoms with Crippen LogP contribution in [0.15, 0.2) is 30.6 Å².